The van der Waals surface area contributed by atoms with E-state index in [2.05, 4.69) is 69.6 Å². The summed E-state index contributed by atoms with van der Waals surface area (Å²) in [6.45, 7) is 15.2. The van der Waals surface area contributed by atoms with Gasteiger partial charge in [-0.05, 0) is 72.1 Å². The van der Waals surface area contributed by atoms with Crippen molar-refractivity contribution in [1.29, 1.82) is 0 Å². The minimum Gasteiger partial charge on any atom is -0.506 e. The van der Waals surface area contributed by atoms with Crippen LogP contribution < -0.4 is 26.4 Å². The Bertz CT molecular complexity index is 1370. The Labute approximate surface area is 243 Å². The summed E-state index contributed by atoms with van der Waals surface area (Å²) in [7, 11) is 0. The molecule has 1 unspecified atom stereocenters. The standard InChI is InChI=1S/C33H44N4O4/c1-8-32(4,5)23-12-17-29(26(18-23)33(6,7)9-2)41-21(3)30(39)35-25-15-16-27(28(38)19-25)37-31(40)36-24-13-10-22(20-34)11-14-24/h10-19,21,38H,8-9,20,34H2,1-7H3,(H,35,39)(H2,36,37,40). The molecule has 0 saturated heterocycles. The lowest BCUT2D eigenvalue weighted by atomic mass is 9.76. The molecule has 3 amide bonds. The van der Waals surface area contributed by atoms with Crippen LogP contribution in [0.5, 0.6) is 11.5 Å². The van der Waals surface area contributed by atoms with Gasteiger partial charge in [0.1, 0.15) is 11.5 Å². The Morgan fingerprint density at radius 2 is 1.49 bits per heavy atom. The lowest BCUT2D eigenvalue weighted by Crippen LogP contribution is -2.31. The van der Waals surface area contributed by atoms with E-state index >= 15 is 0 Å². The Morgan fingerprint density at radius 3 is 2.07 bits per heavy atom. The highest BCUT2D eigenvalue weighted by Gasteiger charge is 2.28. The Hall–Kier alpha value is -4.04. The topological polar surface area (TPSA) is 126 Å². The van der Waals surface area contributed by atoms with E-state index < -0.39 is 12.1 Å². The van der Waals surface area contributed by atoms with Crippen molar-refractivity contribution in [3.8, 4) is 11.5 Å². The van der Waals surface area contributed by atoms with Crippen molar-refractivity contribution in [2.45, 2.75) is 84.8 Å². The molecule has 0 aliphatic heterocycles. The van der Waals surface area contributed by atoms with Gasteiger partial charge >= 0.3 is 6.03 Å². The maximum atomic E-state index is 13.0. The third kappa shape index (κ3) is 8.01. The molecule has 3 aromatic rings. The van der Waals surface area contributed by atoms with Crippen molar-refractivity contribution in [1.82, 2.24) is 0 Å². The van der Waals surface area contributed by atoms with E-state index in [1.165, 1.54) is 17.7 Å². The largest absolute Gasteiger partial charge is 0.506 e. The SMILES string of the molecule is CCC(C)(C)c1ccc(OC(C)C(=O)Nc2ccc(NC(=O)Nc3ccc(CN)cc3)c(O)c2)c(C(C)(C)CC)c1. The molecule has 0 aromatic heterocycles. The molecule has 6 N–H and O–H groups in total. The van der Waals surface area contributed by atoms with E-state index in [0.717, 1.165) is 24.0 Å². The minimum absolute atomic E-state index is 0.0277. The number of ether oxygens (including phenoxy) is 1. The van der Waals surface area contributed by atoms with Crippen LogP contribution >= 0.6 is 0 Å². The molecule has 0 spiro atoms. The number of phenols is 1. The van der Waals surface area contributed by atoms with Crippen LogP contribution in [0.1, 0.15) is 78.0 Å². The number of benzene rings is 3. The zero-order chi connectivity index (χ0) is 30.4. The minimum atomic E-state index is -0.789. The van der Waals surface area contributed by atoms with Crippen LogP contribution in [0.4, 0.5) is 21.9 Å². The number of hydrogen-bond acceptors (Lipinski definition) is 5. The van der Waals surface area contributed by atoms with E-state index in [-0.39, 0.29) is 28.2 Å². The highest BCUT2D eigenvalue weighted by atomic mass is 16.5. The molecular formula is C33H44N4O4. The van der Waals surface area contributed by atoms with E-state index in [4.69, 9.17) is 10.5 Å². The number of hydrogen-bond donors (Lipinski definition) is 5. The van der Waals surface area contributed by atoms with Crippen molar-refractivity contribution in [3.63, 3.8) is 0 Å². The van der Waals surface area contributed by atoms with Gasteiger partial charge in [0.25, 0.3) is 5.91 Å². The lowest BCUT2D eigenvalue weighted by Gasteiger charge is -2.31. The number of nitrogens with one attached hydrogen (secondary N) is 3. The van der Waals surface area contributed by atoms with Gasteiger partial charge in [-0.2, -0.15) is 0 Å². The molecule has 8 heteroatoms. The lowest BCUT2D eigenvalue weighted by molar-refractivity contribution is -0.122. The Balaban J connectivity index is 1.68. The van der Waals surface area contributed by atoms with E-state index in [1.54, 1.807) is 25.1 Å². The fourth-order valence-corrected chi connectivity index (χ4v) is 4.19. The fourth-order valence-electron chi connectivity index (χ4n) is 4.19. The summed E-state index contributed by atoms with van der Waals surface area (Å²) in [5, 5.41) is 18.6. The fraction of sp³-hybridized carbons (Fsp3) is 0.394. The number of carbonyl (C=O) groups excluding carboxylic acids is 2. The molecule has 3 rings (SSSR count). The molecule has 41 heavy (non-hydrogen) atoms. The molecule has 0 radical (unpaired) electrons. The Kier molecular flexibility index (Phi) is 10.0. The summed E-state index contributed by atoms with van der Waals surface area (Å²) in [6.07, 6.45) is 1.13. The van der Waals surface area contributed by atoms with Gasteiger partial charge in [-0.3, -0.25) is 4.79 Å². The van der Waals surface area contributed by atoms with Crippen molar-refractivity contribution < 1.29 is 19.4 Å². The molecule has 220 valence electrons. The number of rotatable bonds is 11. The summed E-state index contributed by atoms with van der Waals surface area (Å²) in [6, 6.07) is 17.4. The van der Waals surface area contributed by atoms with Crippen LogP contribution in [-0.4, -0.2) is 23.1 Å². The zero-order valence-corrected chi connectivity index (χ0v) is 25.2. The second-order valence-electron chi connectivity index (χ2n) is 11.6. The first kappa shape index (κ1) is 31.5. The van der Waals surface area contributed by atoms with Gasteiger partial charge < -0.3 is 31.5 Å². The first-order chi connectivity index (χ1) is 19.3. The number of nitrogens with two attached hydrogens (primary N) is 1. The van der Waals surface area contributed by atoms with Crippen LogP contribution in [0.15, 0.2) is 60.7 Å². The predicted octanol–water partition coefficient (Wildman–Crippen LogP) is 7.28. The summed E-state index contributed by atoms with van der Waals surface area (Å²) < 4.78 is 6.20. The number of urea groups is 1. The molecule has 3 aromatic carbocycles. The van der Waals surface area contributed by atoms with E-state index in [0.29, 0.717) is 23.7 Å². The summed E-state index contributed by atoms with van der Waals surface area (Å²) in [5.74, 6) is 0.134. The van der Waals surface area contributed by atoms with E-state index in [1.807, 2.05) is 18.2 Å². The molecule has 0 aliphatic carbocycles. The maximum Gasteiger partial charge on any atom is 0.323 e. The van der Waals surface area contributed by atoms with Crippen molar-refractivity contribution in [2.75, 3.05) is 16.0 Å². The van der Waals surface area contributed by atoms with Gasteiger partial charge in [0.15, 0.2) is 6.10 Å². The van der Waals surface area contributed by atoms with Crippen molar-refractivity contribution in [3.05, 3.63) is 77.4 Å². The summed E-state index contributed by atoms with van der Waals surface area (Å²) >= 11 is 0. The van der Waals surface area contributed by atoms with Gasteiger partial charge in [0.2, 0.25) is 0 Å². The average molecular weight is 561 g/mol. The van der Waals surface area contributed by atoms with Crippen LogP contribution in [0.25, 0.3) is 0 Å². The molecule has 1 atom stereocenters. The highest BCUT2D eigenvalue weighted by molar-refractivity contribution is 6.01. The van der Waals surface area contributed by atoms with Gasteiger partial charge in [-0.1, -0.05) is 65.8 Å². The monoisotopic (exact) mass is 560 g/mol. The number of aromatic hydroxyl groups is 1. The van der Waals surface area contributed by atoms with Crippen molar-refractivity contribution in [2.24, 2.45) is 5.73 Å². The number of carbonyl (C=O) groups is 2. The molecule has 0 fully saturated rings. The highest BCUT2D eigenvalue weighted by Crippen LogP contribution is 2.39. The van der Waals surface area contributed by atoms with Crippen LogP contribution in [0.2, 0.25) is 0 Å². The van der Waals surface area contributed by atoms with Gasteiger partial charge in [-0.25, -0.2) is 4.79 Å². The molecule has 0 aliphatic rings. The third-order valence-corrected chi connectivity index (χ3v) is 7.89. The quantitative estimate of drug-likeness (QED) is 0.158. The summed E-state index contributed by atoms with van der Waals surface area (Å²) in [5.41, 5.74) is 9.91. The number of amides is 3. The smallest absolute Gasteiger partial charge is 0.323 e. The predicted molar refractivity (Wildman–Crippen MR) is 167 cm³/mol. The van der Waals surface area contributed by atoms with Gasteiger partial charge in [-0.15, -0.1) is 0 Å². The van der Waals surface area contributed by atoms with Crippen LogP contribution in [-0.2, 0) is 22.2 Å². The van der Waals surface area contributed by atoms with Crippen LogP contribution in [0.3, 0.4) is 0 Å². The molecular weight excluding hydrogens is 516 g/mol. The zero-order valence-electron chi connectivity index (χ0n) is 25.2. The maximum absolute atomic E-state index is 13.0. The second-order valence-corrected chi connectivity index (χ2v) is 11.6. The second kappa shape index (κ2) is 13.1. The average Bonchev–Trinajstić information content (AvgIpc) is 2.94. The van der Waals surface area contributed by atoms with Crippen molar-refractivity contribution >= 4 is 29.0 Å². The first-order valence-corrected chi connectivity index (χ1v) is 14.1. The van der Waals surface area contributed by atoms with E-state index in [9.17, 15) is 14.7 Å². The van der Waals surface area contributed by atoms with Crippen LogP contribution in [0, 0.1) is 0 Å². The molecule has 0 heterocycles. The van der Waals surface area contributed by atoms with Gasteiger partial charge in [0.05, 0.1) is 5.69 Å². The first-order valence-electron chi connectivity index (χ1n) is 14.1. The number of phenolic OH excluding ortho intramolecular Hbond substituents is 1. The number of anilines is 3. The molecule has 8 nitrogen and oxygen atoms in total. The van der Waals surface area contributed by atoms with Gasteiger partial charge in [0, 0.05) is 29.5 Å². The normalized spacial score (nSPS) is 12.4. The third-order valence-electron chi connectivity index (χ3n) is 7.89. The molecule has 0 bridgehead atoms. The summed E-state index contributed by atoms with van der Waals surface area (Å²) in [4.78, 5) is 25.4. The Morgan fingerprint density at radius 1 is 0.854 bits per heavy atom. The molecule has 0 saturated carbocycles.